The number of piperidine rings is 1. The van der Waals surface area contributed by atoms with E-state index in [9.17, 15) is 9.59 Å². The Morgan fingerprint density at radius 1 is 1.24 bits per heavy atom. The molecule has 2 aliphatic heterocycles. The molecule has 2 N–H and O–H groups in total. The molecule has 2 aromatic rings. The summed E-state index contributed by atoms with van der Waals surface area (Å²) >= 11 is 0. The molecule has 8 heteroatoms. The lowest BCUT2D eigenvalue weighted by Gasteiger charge is -2.27. The fourth-order valence-corrected chi connectivity index (χ4v) is 3.85. The zero-order valence-electron chi connectivity index (χ0n) is 16.6. The Balaban J connectivity index is 1.47. The molecule has 29 heavy (non-hydrogen) atoms. The van der Waals surface area contributed by atoms with Crippen molar-refractivity contribution in [3.05, 3.63) is 51.7 Å². The van der Waals surface area contributed by atoms with Gasteiger partial charge in [0.15, 0.2) is 0 Å². The van der Waals surface area contributed by atoms with Crippen LogP contribution < -0.4 is 21.2 Å². The van der Waals surface area contributed by atoms with Crippen LogP contribution in [0.15, 0.2) is 33.6 Å². The second-order valence-electron chi connectivity index (χ2n) is 7.48. The Hall–Kier alpha value is -2.71. The number of ether oxygens (including phenoxy) is 1. The van der Waals surface area contributed by atoms with Crippen molar-refractivity contribution < 1.29 is 13.9 Å². The van der Waals surface area contributed by atoms with E-state index in [2.05, 4.69) is 20.5 Å². The van der Waals surface area contributed by atoms with Crippen LogP contribution in [-0.2, 0) is 4.74 Å². The third-order valence-electron chi connectivity index (χ3n) is 5.48. The maximum atomic E-state index is 12.7. The molecule has 2 aliphatic rings. The van der Waals surface area contributed by atoms with E-state index in [1.165, 1.54) is 0 Å². The SMILES string of the molecule is Cc1cc(C2CCNCC2)oc(=O)c1C(=O)Nc1ccc(N2CCOCC2)nc1. The maximum Gasteiger partial charge on any atom is 0.349 e. The molecule has 154 valence electrons. The molecule has 2 aromatic heterocycles. The predicted molar refractivity (Wildman–Crippen MR) is 110 cm³/mol. The van der Waals surface area contributed by atoms with E-state index in [-0.39, 0.29) is 11.5 Å². The van der Waals surface area contributed by atoms with Crippen LogP contribution in [0, 0.1) is 6.92 Å². The number of rotatable bonds is 4. The Labute approximate surface area is 169 Å². The lowest BCUT2D eigenvalue weighted by molar-refractivity contribution is 0.102. The highest BCUT2D eigenvalue weighted by Crippen LogP contribution is 2.25. The molecule has 0 radical (unpaired) electrons. The molecule has 0 bridgehead atoms. The largest absolute Gasteiger partial charge is 0.427 e. The van der Waals surface area contributed by atoms with Gasteiger partial charge in [-0.25, -0.2) is 9.78 Å². The average Bonchev–Trinajstić information content (AvgIpc) is 2.75. The normalized spacial score (nSPS) is 17.9. The molecular formula is C21H26N4O4. The minimum Gasteiger partial charge on any atom is -0.427 e. The molecule has 4 rings (SSSR count). The van der Waals surface area contributed by atoms with Gasteiger partial charge in [0.2, 0.25) is 0 Å². The number of hydrogen-bond donors (Lipinski definition) is 2. The highest BCUT2D eigenvalue weighted by molar-refractivity contribution is 6.04. The number of hydrogen-bond acceptors (Lipinski definition) is 7. The monoisotopic (exact) mass is 398 g/mol. The second kappa shape index (κ2) is 8.75. The van der Waals surface area contributed by atoms with Crippen molar-refractivity contribution in [2.75, 3.05) is 49.6 Å². The van der Waals surface area contributed by atoms with Crippen LogP contribution in [0.1, 0.15) is 40.4 Å². The summed E-state index contributed by atoms with van der Waals surface area (Å²) in [4.78, 5) is 31.8. The average molecular weight is 398 g/mol. The van der Waals surface area contributed by atoms with Crippen molar-refractivity contribution in [3.63, 3.8) is 0 Å². The summed E-state index contributed by atoms with van der Waals surface area (Å²) in [6, 6.07) is 5.47. The topological polar surface area (TPSA) is 96.7 Å². The van der Waals surface area contributed by atoms with Gasteiger partial charge >= 0.3 is 5.63 Å². The number of amides is 1. The van der Waals surface area contributed by atoms with Crippen LogP contribution in [0.25, 0.3) is 0 Å². The number of pyridine rings is 1. The van der Waals surface area contributed by atoms with E-state index in [0.29, 0.717) is 30.2 Å². The first-order chi connectivity index (χ1) is 14.1. The van der Waals surface area contributed by atoms with Gasteiger partial charge in [-0.05, 0) is 56.6 Å². The number of anilines is 2. The number of carbonyl (C=O) groups is 1. The summed E-state index contributed by atoms with van der Waals surface area (Å²) in [6.45, 7) is 6.54. The molecule has 4 heterocycles. The minimum atomic E-state index is -0.589. The molecule has 0 spiro atoms. The van der Waals surface area contributed by atoms with E-state index >= 15 is 0 Å². The number of aryl methyl sites for hydroxylation is 1. The van der Waals surface area contributed by atoms with Gasteiger partial charge in [0.25, 0.3) is 5.91 Å². The summed E-state index contributed by atoms with van der Waals surface area (Å²) in [7, 11) is 0. The predicted octanol–water partition coefficient (Wildman–Crippen LogP) is 1.90. The number of nitrogens with one attached hydrogen (secondary N) is 2. The molecule has 0 aromatic carbocycles. The summed E-state index contributed by atoms with van der Waals surface area (Å²) in [5.41, 5.74) is 0.618. The Morgan fingerprint density at radius 3 is 2.66 bits per heavy atom. The summed E-state index contributed by atoms with van der Waals surface area (Å²) < 4.78 is 10.9. The van der Waals surface area contributed by atoms with Gasteiger partial charge in [0.05, 0.1) is 25.1 Å². The van der Waals surface area contributed by atoms with Gasteiger partial charge in [-0.15, -0.1) is 0 Å². The molecule has 0 aliphatic carbocycles. The molecule has 0 atom stereocenters. The maximum absolute atomic E-state index is 12.7. The third kappa shape index (κ3) is 4.49. The fraction of sp³-hybridized carbons (Fsp3) is 0.476. The molecule has 2 fully saturated rings. The number of carbonyl (C=O) groups excluding carboxylic acids is 1. The highest BCUT2D eigenvalue weighted by atomic mass is 16.5. The van der Waals surface area contributed by atoms with Crippen molar-refractivity contribution in [3.8, 4) is 0 Å². The Morgan fingerprint density at radius 2 is 2.00 bits per heavy atom. The van der Waals surface area contributed by atoms with E-state index < -0.39 is 11.5 Å². The van der Waals surface area contributed by atoms with Crippen molar-refractivity contribution in [2.24, 2.45) is 0 Å². The number of nitrogens with zero attached hydrogens (tertiary/aromatic N) is 2. The lowest BCUT2D eigenvalue weighted by Crippen LogP contribution is -2.36. The smallest absolute Gasteiger partial charge is 0.349 e. The molecule has 2 saturated heterocycles. The van der Waals surface area contributed by atoms with Crippen LogP contribution in [0.5, 0.6) is 0 Å². The van der Waals surface area contributed by atoms with E-state index in [1.807, 2.05) is 12.1 Å². The number of aromatic nitrogens is 1. The highest BCUT2D eigenvalue weighted by Gasteiger charge is 2.22. The first kappa shape index (κ1) is 19.6. The Bertz CT molecular complexity index is 913. The third-order valence-corrected chi connectivity index (χ3v) is 5.48. The quantitative estimate of drug-likeness (QED) is 0.812. The summed E-state index contributed by atoms with van der Waals surface area (Å²) in [5.74, 6) is 1.25. The van der Waals surface area contributed by atoms with Crippen molar-refractivity contribution in [2.45, 2.75) is 25.7 Å². The molecular weight excluding hydrogens is 372 g/mol. The van der Waals surface area contributed by atoms with Crippen molar-refractivity contribution >= 4 is 17.4 Å². The van der Waals surface area contributed by atoms with E-state index in [0.717, 1.165) is 44.8 Å². The molecule has 8 nitrogen and oxygen atoms in total. The van der Waals surface area contributed by atoms with Crippen LogP contribution >= 0.6 is 0 Å². The Kier molecular flexibility index (Phi) is 5.92. The van der Waals surface area contributed by atoms with Gasteiger partial charge < -0.3 is 24.7 Å². The van der Waals surface area contributed by atoms with Gasteiger partial charge in [-0.2, -0.15) is 0 Å². The first-order valence-corrected chi connectivity index (χ1v) is 10.1. The number of morpholine rings is 1. The minimum absolute atomic E-state index is 0.0416. The lowest BCUT2D eigenvalue weighted by atomic mass is 9.94. The second-order valence-corrected chi connectivity index (χ2v) is 7.48. The summed E-state index contributed by atoms with van der Waals surface area (Å²) in [5, 5.41) is 6.05. The van der Waals surface area contributed by atoms with Crippen LogP contribution in [0.3, 0.4) is 0 Å². The summed E-state index contributed by atoms with van der Waals surface area (Å²) in [6.07, 6.45) is 3.45. The van der Waals surface area contributed by atoms with Crippen LogP contribution in [-0.4, -0.2) is 50.3 Å². The van der Waals surface area contributed by atoms with Crippen molar-refractivity contribution in [1.29, 1.82) is 0 Å². The zero-order valence-corrected chi connectivity index (χ0v) is 16.6. The molecule has 0 saturated carbocycles. The van der Waals surface area contributed by atoms with Gasteiger partial charge in [-0.1, -0.05) is 0 Å². The van der Waals surface area contributed by atoms with E-state index in [4.69, 9.17) is 9.15 Å². The van der Waals surface area contributed by atoms with Crippen LogP contribution in [0.4, 0.5) is 11.5 Å². The molecule has 1 amide bonds. The molecule has 0 unspecified atom stereocenters. The first-order valence-electron chi connectivity index (χ1n) is 10.1. The zero-order chi connectivity index (χ0) is 20.2. The van der Waals surface area contributed by atoms with Gasteiger partial charge in [0.1, 0.15) is 17.1 Å². The standard InChI is InChI=1S/C21H26N4O4/c1-14-12-17(15-4-6-22-7-5-15)29-21(27)19(14)20(26)24-16-2-3-18(23-13-16)25-8-10-28-11-9-25/h2-3,12-13,15,22H,4-11H2,1H3,(H,24,26). The van der Waals surface area contributed by atoms with Gasteiger partial charge in [0, 0.05) is 19.0 Å². The van der Waals surface area contributed by atoms with Crippen molar-refractivity contribution in [1.82, 2.24) is 10.3 Å². The van der Waals surface area contributed by atoms with E-state index in [1.54, 1.807) is 19.2 Å². The van der Waals surface area contributed by atoms with Gasteiger partial charge in [-0.3, -0.25) is 4.79 Å². The van der Waals surface area contributed by atoms with Crippen LogP contribution in [0.2, 0.25) is 0 Å². The fourth-order valence-electron chi connectivity index (χ4n) is 3.85.